The molecule has 0 aliphatic rings. The highest BCUT2D eigenvalue weighted by atomic mass is 79.9. The van der Waals surface area contributed by atoms with Crippen LogP contribution in [0.1, 0.15) is 16.7 Å². The van der Waals surface area contributed by atoms with Gasteiger partial charge in [0.2, 0.25) is 0 Å². The molecule has 0 atom stereocenters. The van der Waals surface area contributed by atoms with E-state index in [1.807, 2.05) is 12.1 Å². The maximum absolute atomic E-state index is 9.65. The summed E-state index contributed by atoms with van der Waals surface area (Å²) in [6, 6.07) is 16.2. The Morgan fingerprint density at radius 3 is 2.30 bits per heavy atom. The van der Waals surface area contributed by atoms with E-state index in [4.69, 9.17) is 0 Å². The van der Waals surface area contributed by atoms with Gasteiger partial charge in [-0.2, -0.15) is 0 Å². The van der Waals surface area contributed by atoms with E-state index in [2.05, 4.69) is 69.1 Å². The van der Waals surface area contributed by atoms with Crippen molar-refractivity contribution in [2.24, 2.45) is 0 Å². The molecule has 0 saturated carbocycles. The van der Waals surface area contributed by atoms with Gasteiger partial charge in [0, 0.05) is 16.1 Å². The Balaban J connectivity index is 2.39. The van der Waals surface area contributed by atoms with Gasteiger partial charge in [0.15, 0.2) is 0 Å². The average molecular weight is 398 g/mol. The number of aryl methyl sites for hydroxylation is 1. The van der Waals surface area contributed by atoms with Crippen LogP contribution in [0.25, 0.3) is 0 Å². The predicted octanol–water partition coefficient (Wildman–Crippen LogP) is 4.97. The minimum atomic E-state index is -0.0141. The number of hydrogen-bond donors (Lipinski definition) is 1. The molecule has 0 heterocycles. The highest BCUT2D eigenvalue weighted by Gasteiger charge is 2.30. The zero-order valence-electron chi connectivity index (χ0n) is 11.4. The smallest absolute Gasteiger partial charge is 0.115 e. The Morgan fingerprint density at radius 2 is 1.70 bits per heavy atom. The lowest BCUT2D eigenvalue weighted by molar-refractivity contribution is 0.472. The van der Waals surface area contributed by atoms with Crippen LogP contribution < -0.4 is 0 Å². The molecule has 3 heteroatoms. The number of phenolic OH excluding ortho intramolecular Hbond substituents is 1. The Bertz CT molecular complexity index is 577. The van der Waals surface area contributed by atoms with Gasteiger partial charge in [-0.3, -0.25) is 0 Å². The van der Waals surface area contributed by atoms with Gasteiger partial charge in [-0.15, -0.1) is 0 Å². The summed E-state index contributed by atoms with van der Waals surface area (Å²) in [4.78, 5) is 0. The van der Waals surface area contributed by atoms with Gasteiger partial charge in [0.05, 0.1) is 0 Å². The van der Waals surface area contributed by atoms with Crippen molar-refractivity contribution in [1.29, 1.82) is 0 Å². The van der Waals surface area contributed by atoms with Gasteiger partial charge in [0.1, 0.15) is 5.75 Å². The van der Waals surface area contributed by atoms with E-state index in [1.54, 1.807) is 6.07 Å². The van der Waals surface area contributed by atoms with Crippen molar-refractivity contribution in [2.45, 2.75) is 18.8 Å². The molecule has 0 amide bonds. The standard InChI is InChI=1S/C17H18Br2O/c1-13-4-2-6-15(8-13)17(11-18,12-19)10-14-5-3-7-16(20)9-14/h2-9,20H,10-12H2,1H3. The third-order valence-corrected chi connectivity index (χ3v) is 5.74. The highest BCUT2D eigenvalue weighted by molar-refractivity contribution is 9.09. The van der Waals surface area contributed by atoms with Crippen molar-refractivity contribution in [3.05, 3.63) is 65.2 Å². The third-order valence-electron chi connectivity index (χ3n) is 3.60. The second-order valence-corrected chi connectivity index (χ2v) is 6.39. The summed E-state index contributed by atoms with van der Waals surface area (Å²) < 4.78 is 0. The second kappa shape index (κ2) is 6.77. The summed E-state index contributed by atoms with van der Waals surface area (Å²) in [7, 11) is 0. The molecule has 0 bridgehead atoms. The van der Waals surface area contributed by atoms with Crippen molar-refractivity contribution in [3.8, 4) is 5.75 Å². The van der Waals surface area contributed by atoms with Crippen LogP contribution in [0.2, 0.25) is 0 Å². The third kappa shape index (κ3) is 3.44. The Kier molecular flexibility index (Phi) is 5.28. The molecular formula is C17H18Br2O. The largest absolute Gasteiger partial charge is 0.508 e. The first-order valence-corrected chi connectivity index (χ1v) is 8.81. The average Bonchev–Trinajstić information content (AvgIpc) is 2.45. The molecule has 20 heavy (non-hydrogen) atoms. The van der Waals surface area contributed by atoms with Crippen molar-refractivity contribution in [3.63, 3.8) is 0 Å². The number of halogens is 2. The molecule has 0 radical (unpaired) electrons. The molecular weight excluding hydrogens is 380 g/mol. The van der Waals surface area contributed by atoms with E-state index in [9.17, 15) is 5.11 Å². The SMILES string of the molecule is Cc1cccc(C(CBr)(CBr)Cc2cccc(O)c2)c1. The van der Waals surface area contributed by atoms with E-state index in [-0.39, 0.29) is 5.41 Å². The zero-order valence-corrected chi connectivity index (χ0v) is 14.6. The molecule has 0 aliphatic heterocycles. The lowest BCUT2D eigenvalue weighted by atomic mass is 9.78. The molecule has 0 fully saturated rings. The number of alkyl halides is 2. The van der Waals surface area contributed by atoms with Crippen molar-refractivity contribution < 1.29 is 5.11 Å². The quantitative estimate of drug-likeness (QED) is 0.706. The van der Waals surface area contributed by atoms with Crippen LogP contribution in [0.5, 0.6) is 5.75 Å². The molecule has 0 saturated heterocycles. The molecule has 2 aromatic rings. The molecule has 2 rings (SSSR count). The van der Waals surface area contributed by atoms with Crippen LogP contribution in [-0.2, 0) is 11.8 Å². The Morgan fingerprint density at radius 1 is 1.00 bits per heavy atom. The lowest BCUT2D eigenvalue weighted by Crippen LogP contribution is -2.33. The lowest BCUT2D eigenvalue weighted by Gasteiger charge is -2.31. The number of rotatable bonds is 5. The normalized spacial score (nSPS) is 11.6. The van der Waals surface area contributed by atoms with E-state index in [0.29, 0.717) is 5.75 Å². The molecule has 0 spiro atoms. The predicted molar refractivity (Wildman–Crippen MR) is 92.3 cm³/mol. The van der Waals surface area contributed by atoms with Gasteiger partial charge in [-0.05, 0) is 36.6 Å². The molecule has 0 aromatic heterocycles. The maximum atomic E-state index is 9.65. The van der Waals surface area contributed by atoms with Gasteiger partial charge >= 0.3 is 0 Å². The van der Waals surface area contributed by atoms with Gasteiger partial charge in [0.25, 0.3) is 0 Å². The second-order valence-electron chi connectivity index (χ2n) is 5.26. The molecule has 106 valence electrons. The summed E-state index contributed by atoms with van der Waals surface area (Å²) >= 11 is 7.36. The zero-order chi connectivity index (χ0) is 14.6. The summed E-state index contributed by atoms with van der Waals surface area (Å²) in [6.45, 7) is 2.12. The van der Waals surface area contributed by atoms with Crippen LogP contribution >= 0.6 is 31.9 Å². The maximum Gasteiger partial charge on any atom is 0.115 e. The fourth-order valence-electron chi connectivity index (χ4n) is 2.42. The van der Waals surface area contributed by atoms with Crippen molar-refractivity contribution >= 4 is 31.9 Å². The van der Waals surface area contributed by atoms with E-state index >= 15 is 0 Å². The van der Waals surface area contributed by atoms with E-state index in [1.165, 1.54) is 11.1 Å². The molecule has 1 nitrogen and oxygen atoms in total. The minimum Gasteiger partial charge on any atom is -0.508 e. The topological polar surface area (TPSA) is 20.2 Å². The first-order valence-electron chi connectivity index (χ1n) is 6.57. The van der Waals surface area contributed by atoms with Crippen LogP contribution in [0.3, 0.4) is 0 Å². The van der Waals surface area contributed by atoms with Gasteiger partial charge in [-0.25, -0.2) is 0 Å². The highest BCUT2D eigenvalue weighted by Crippen LogP contribution is 2.34. The molecule has 0 aliphatic carbocycles. The number of phenols is 1. The molecule has 0 unspecified atom stereocenters. The van der Waals surface area contributed by atoms with Crippen molar-refractivity contribution in [1.82, 2.24) is 0 Å². The fraction of sp³-hybridized carbons (Fsp3) is 0.294. The van der Waals surface area contributed by atoms with Crippen LogP contribution in [0, 0.1) is 6.92 Å². The molecule has 1 N–H and O–H groups in total. The number of aromatic hydroxyl groups is 1. The molecule has 2 aromatic carbocycles. The van der Waals surface area contributed by atoms with Crippen LogP contribution in [0.15, 0.2) is 48.5 Å². The van der Waals surface area contributed by atoms with Gasteiger partial charge < -0.3 is 5.11 Å². The summed E-state index contributed by atoms with van der Waals surface area (Å²) in [5.74, 6) is 0.324. The first-order chi connectivity index (χ1) is 9.59. The summed E-state index contributed by atoms with van der Waals surface area (Å²) in [6.07, 6.45) is 0.876. The Labute approximate surface area is 137 Å². The van der Waals surface area contributed by atoms with Gasteiger partial charge in [-0.1, -0.05) is 73.8 Å². The first kappa shape index (κ1) is 15.6. The van der Waals surface area contributed by atoms with E-state index < -0.39 is 0 Å². The minimum absolute atomic E-state index is 0.0141. The summed E-state index contributed by atoms with van der Waals surface area (Å²) in [5, 5.41) is 11.4. The number of benzene rings is 2. The monoisotopic (exact) mass is 396 g/mol. The van der Waals surface area contributed by atoms with Crippen molar-refractivity contribution in [2.75, 3.05) is 10.7 Å². The van der Waals surface area contributed by atoms with Crippen LogP contribution in [-0.4, -0.2) is 15.8 Å². The fourth-order valence-corrected chi connectivity index (χ4v) is 4.39. The van der Waals surface area contributed by atoms with Crippen LogP contribution in [0.4, 0.5) is 0 Å². The van der Waals surface area contributed by atoms with E-state index in [0.717, 1.165) is 22.6 Å². The Hall–Kier alpha value is -0.800. The summed E-state index contributed by atoms with van der Waals surface area (Å²) in [5.41, 5.74) is 3.71. The number of hydrogen-bond acceptors (Lipinski definition) is 1.